The van der Waals surface area contributed by atoms with Crippen molar-refractivity contribution in [2.24, 2.45) is 4.99 Å². The predicted molar refractivity (Wildman–Crippen MR) is 91.6 cm³/mol. The van der Waals surface area contributed by atoms with Crippen LogP contribution >= 0.6 is 23.1 Å². The number of anilines is 1. The molecule has 22 heavy (non-hydrogen) atoms. The maximum absolute atomic E-state index is 11.0. The molecule has 4 rings (SSSR count). The number of rotatable bonds is 2. The van der Waals surface area contributed by atoms with Crippen molar-refractivity contribution in [2.75, 3.05) is 24.2 Å². The molecule has 0 unspecified atom stereocenters. The molecule has 2 aromatic rings. The van der Waals surface area contributed by atoms with E-state index in [1.165, 1.54) is 29.4 Å². The number of carboxylic acid groups (broad SMARTS) is 1. The monoisotopic (exact) mass is 333 g/mol. The van der Waals surface area contributed by atoms with Crippen LogP contribution in [0.25, 0.3) is 10.2 Å². The lowest BCUT2D eigenvalue weighted by Crippen LogP contribution is -2.24. The number of fused-ring (bicyclic) bond motifs is 2. The number of aliphatic imine (C=N–C) groups is 1. The molecule has 0 amide bonds. The molecule has 0 fully saturated rings. The van der Waals surface area contributed by atoms with E-state index >= 15 is 0 Å². The Labute approximate surface area is 136 Å². The Hall–Kier alpha value is -1.60. The average Bonchev–Trinajstić information content (AvgIpc) is 3.12. The molecule has 0 radical (unpaired) electrons. The zero-order valence-corrected chi connectivity index (χ0v) is 13.7. The summed E-state index contributed by atoms with van der Waals surface area (Å²) in [5.74, 6) is -0.361. The molecule has 1 aromatic heterocycles. The molecule has 2 aliphatic rings. The highest BCUT2D eigenvalue weighted by Crippen LogP contribution is 2.35. The van der Waals surface area contributed by atoms with E-state index in [0.29, 0.717) is 5.75 Å². The van der Waals surface area contributed by atoms with Crippen LogP contribution in [0.15, 0.2) is 17.1 Å². The minimum absolute atomic E-state index is 0.500. The highest BCUT2D eigenvalue weighted by Gasteiger charge is 2.27. The van der Waals surface area contributed by atoms with Gasteiger partial charge in [0.1, 0.15) is 10.1 Å². The number of thiazole rings is 1. The van der Waals surface area contributed by atoms with Crippen molar-refractivity contribution in [1.29, 1.82) is 0 Å². The summed E-state index contributed by atoms with van der Waals surface area (Å²) in [4.78, 5) is 22.3. The Morgan fingerprint density at radius 3 is 3.09 bits per heavy atom. The minimum atomic E-state index is -0.860. The number of aryl methyl sites for hydroxylation is 1. The van der Waals surface area contributed by atoms with Gasteiger partial charge in [-0.25, -0.2) is 9.78 Å². The zero-order valence-electron chi connectivity index (χ0n) is 12.1. The van der Waals surface area contributed by atoms with Gasteiger partial charge in [-0.1, -0.05) is 0 Å². The first-order valence-corrected chi connectivity index (χ1v) is 9.00. The van der Waals surface area contributed by atoms with Gasteiger partial charge in [-0.3, -0.25) is 4.99 Å². The second-order valence-corrected chi connectivity index (χ2v) is 7.63. The summed E-state index contributed by atoms with van der Waals surface area (Å²) in [6.07, 6.45) is 2.27. The van der Waals surface area contributed by atoms with Gasteiger partial charge >= 0.3 is 5.97 Å². The van der Waals surface area contributed by atoms with Gasteiger partial charge in [0.15, 0.2) is 6.04 Å². The number of carbonyl (C=O) groups is 1. The second kappa shape index (κ2) is 5.24. The number of hydrogen-bond acceptors (Lipinski definition) is 6. The van der Waals surface area contributed by atoms with E-state index in [1.54, 1.807) is 11.3 Å². The lowest BCUT2D eigenvalue weighted by Gasteiger charge is -2.27. The maximum Gasteiger partial charge on any atom is 0.329 e. The smallest absolute Gasteiger partial charge is 0.329 e. The first-order valence-electron chi connectivity index (χ1n) is 7.20. The van der Waals surface area contributed by atoms with Gasteiger partial charge in [-0.15, -0.1) is 23.1 Å². The van der Waals surface area contributed by atoms with Crippen LogP contribution in [0, 0.1) is 0 Å². The topological polar surface area (TPSA) is 65.8 Å². The van der Waals surface area contributed by atoms with Crippen LogP contribution in [0.2, 0.25) is 0 Å². The molecule has 2 aliphatic heterocycles. The van der Waals surface area contributed by atoms with E-state index in [9.17, 15) is 4.79 Å². The molecule has 3 heterocycles. The Bertz CT molecular complexity index is 799. The Balaban J connectivity index is 1.75. The van der Waals surface area contributed by atoms with Crippen LogP contribution < -0.4 is 4.90 Å². The first kappa shape index (κ1) is 14.0. The first-order chi connectivity index (χ1) is 10.6. The highest BCUT2D eigenvalue weighted by atomic mass is 32.2. The maximum atomic E-state index is 11.0. The van der Waals surface area contributed by atoms with Crippen molar-refractivity contribution >= 4 is 50.0 Å². The molecule has 5 nitrogen and oxygen atoms in total. The molecule has 1 N–H and O–H groups in total. The fourth-order valence-corrected chi connectivity index (χ4v) is 4.98. The Morgan fingerprint density at radius 1 is 1.45 bits per heavy atom. The molecular weight excluding hydrogens is 318 g/mol. The van der Waals surface area contributed by atoms with E-state index in [1.807, 2.05) is 0 Å². The molecule has 0 spiro atoms. The Kier molecular flexibility index (Phi) is 3.34. The van der Waals surface area contributed by atoms with Crippen molar-refractivity contribution in [1.82, 2.24) is 4.98 Å². The molecule has 114 valence electrons. The van der Waals surface area contributed by atoms with Gasteiger partial charge in [0.05, 0.1) is 10.2 Å². The van der Waals surface area contributed by atoms with E-state index in [-0.39, 0.29) is 0 Å². The summed E-state index contributed by atoms with van der Waals surface area (Å²) in [5.41, 5.74) is 3.64. The number of aliphatic carboxylic acids is 1. The van der Waals surface area contributed by atoms with Gasteiger partial charge in [0.2, 0.25) is 0 Å². The van der Waals surface area contributed by atoms with Crippen LogP contribution in [0.5, 0.6) is 0 Å². The lowest BCUT2D eigenvalue weighted by molar-refractivity contribution is -0.137. The SMILES string of the molecule is CN1CCCc2cc3nc(C4=N[C@@H](C(=O)O)CS4)sc3cc21. The lowest BCUT2D eigenvalue weighted by atomic mass is 10.0. The van der Waals surface area contributed by atoms with Crippen LogP contribution in [0.1, 0.15) is 17.0 Å². The number of thioether (sulfide) groups is 1. The summed E-state index contributed by atoms with van der Waals surface area (Å²) in [7, 11) is 2.13. The summed E-state index contributed by atoms with van der Waals surface area (Å²) in [5, 5.41) is 10.7. The van der Waals surface area contributed by atoms with Gasteiger partial charge in [0, 0.05) is 25.0 Å². The molecule has 0 saturated carbocycles. The third-order valence-electron chi connectivity index (χ3n) is 4.06. The van der Waals surface area contributed by atoms with Gasteiger partial charge in [0.25, 0.3) is 0 Å². The Morgan fingerprint density at radius 2 is 2.32 bits per heavy atom. The molecule has 0 saturated heterocycles. The van der Waals surface area contributed by atoms with Crippen molar-refractivity contribution in [3.8, 4) is 0 Å². The number of hydrogen-bond donors (Lipinski definition) is 1. The summed E-state index contributed by atoms with van der Waals surface area (Å²) in [6, 6.07) is 3.75. The molecule has 1 aromatic carbocycles. The van der Waals surface area contributed by atoms with Crippen molar-refractivity contribution in [3.63, 3.8) is 0 Å². The normalized spacial score (nSPS) is 21.0. The number of aromatic nitrogens is 1. The van der Waals surface area contributed by atoms with Crippen molar-refractivity contribution in [3.05, 3.63) is 22.7 Å². The fourth-order valence-electron chi connectivity index (χ4n) is 2.90. The van der Waals surface area contributed by atoms with E-state index in [2.05, 4.69) is 34.1 Å². The molecule has 0 bridgehead atoms. The van der Waals surface area contributed by atoms with E-state index in [4.69, 9.17) is 5.11 Å². The molecule has 1 atom stereocenters. The van der Waals surface area contributed by atoms with Gasteiger partial charge in [-0.2, -0.15) is 0 Å². The molecule has 7 heteroatoms. The number of nitrogens with zero attached hydrogens (tertiary/aromatic N) is 3. The van der Waals surface area contributed by atoms with Crippen LogP contribution in [-0.4, -0.2) is 46.5 Å². The second-order valence-electron chi connectivity index (χ2n) is 5.59. The molecule has 0 aliphatic carbocycles. The van der Waals surface area contributed by atoms with Crippen LogP contribution in [-0.2, 0) is 11.2 Å². The summed E-state index contributed by atoms with van der Waals surface area (Å²) >= 11 is 3.09. The van der Waals surface area contributed by atoms with Crippen LogP contribution in [0.3, 0.4) is 0 Å². The minimum Gasteiger partial charge on any atom is -0.480 e. The largest absolute Gasteiger partial charge is 0.480 e. The van der Waals surface area contributed by atoms with Gasteiger partial charge < -0.3 is 10.0 Å². The van der Waals surface area contributed by atoms with Gasteiger partial charge in [-0.05, 0) is 30.5 Å². The van der Waals surface area contributed by atoms with Crippen molar-refractivity contribution in [2.45, 2.75) is 18.9 Å². The molecular formula is C15H15N3O2S2. The standard InChI is InChI=1S/C15H15N3O2S2/c1-18-4-2-3-8-5-9-12(6-11(8)18)22-14(16-9)13-17-10(7-21-13)15(19)20/h5-6,10H,2-4,7H2,1H3,(H,19,20)/t10-/m1/s1. The van der Waals surface area contributed by atoms with E-state index in [0.717, 1.165) is 33.2 Å². The number of carboxylic acids is 1. The summed E-state index contributed by atoms with van der Waals surface area (Å²) in [6.45, 7) is 1.09. The zero-order chi connectivity index (χ0) is 15.3. The van der Waals surface area contributed by atoms with Crippen molar-refractivity contribution < 1.29 is 9.90 Å². The fraction of sp³-hybridized carbons (Fsp3) is 0.400. The third kappa shape index (κ3) is 2.28. The third-order valence-corrected chi connectivity index (χ3v) is 6.27. The quantitative estimate of drug-likeness (QED) is 0.915. The predicted octanol–water partition coefficient (Wildman–Crippen LogP) is 2.63. The van der Waals surface area contributed by atoms with Crippen LogP contribution in [0.4, 0.5) is 5.69 Å². The average molecular weight is 333 g/mol. The van der Waals surface area contributed by atoms with E-state index < -0.39 is 12.0 Å². The number of benzene rings is 1. The summed E-state index contributed by atoms with van der Waals surface area (Å²) < 4.78 is 1.14. The highest BCUT2D eigenvalue weighted by molar-refractivity contribution is 8.15.